The van der Waals surface area contributed by atoms with Crippen molar-refractivity contribution in [1.82, 2.24) is 5.32 Å². The van der Waals surface area contributed by atoms with E-state index in [1.54, 1.807) is 12.1 Å². The molecule has 0 radical (unpaired) electrons. The number of carboxylic acids is 1. The first kappa shape index (κ1) is 22.1. The van der Waals surface area contributed by atoms with Crippen LogP contribution in [0.25, 0.3) is 0 Å². The van der Waals surface area contributed by atoms with Crippen molar-refractivity contribution in [2.24, 2.45) is 11.7 Å². The van der Waals surface area contributed by atoms with Crippen LogP contribution in [0.4, 0.5) is 0 Å². The highest BCUT2D eigenvalue weighted by molar-refractivity contribution is 7.90. The molecular weight excluding hydrogens is 360 g/mol. The van der Waals surface area contributed by atoms with E-state index >= 15 is 0 Å². The average Bonchev–Trinajstić information content (AvgIpc) is 2.52. The molecule has 0 saturated carbocycles. The van der Waals surface area contributed by atoms with E-state index in [2.05, 4.69) is 5.32 Å². The minimum absolute atomic E-state index is 0.0515. The maximum Gasteiger partial charge on any atom is 0.326 e. The number of sulfone groups is 1. The van der Waals surface area contributed by atoms with Crippen molar-refractivity contribution in [3.63, 3.8) is 0 Å². The molecule has 0 aromatic heterocycles. The Morgan fingerprint density at radius 3 is 2.15 bits per heavy atom. The van der Waals surface area contributed by atoms with E-state index in [4.69, 9.17) is 10.8 Å². The molecule has 0 fully saturated rings. The standard InChI is InChI=1S/C17H26N2O6S/c1-10(2)8-14(17(22)23)19-16(21)15(20)13(18)9-11-4-6-12(7-5-11)26(3,24)25/h4-7,10,13-15,20H,8-9,18H2,1-3H3,(H,19,21)(H,22,23)/t13-,14-,15+/m0/s1. The van der Waals surface area contributed by atoms with Crippen LogP contribution in [0.1, 0.15) is 25.8 Å². The lowest BCUT2D eigenvalue weighted by atomic mass is 10.00. The Morgan fingerprint density at radius 2 is 1.73 bits per heavy atom. The number of hydrogen-bond acceptors (Lipinski definition) is 6. The van der Waals surface area contributed by atoms with E-state index in [0.717, 1.165) is 6.26 Å². The lowest BCUT2D eigenvalue weighted by Gasteiger charge is -2.22. The van der Waals surface area contributed by atoms with Gasteiger partial charge in [-0.05, 0) is 36.5 Å². The number of nitrogens with one attached hydrogen (secondary N) is 1. The van der Waals surface area contributed by atoms with Crippen molar-refractivity contribution < 1.29 is 28.2 Å². The van der Waals surface area contributed by atoms with Crippen LogP contribution in [0.5, 0.6) is 0 Å². The van der Waals surface area contributed by atoms with Crippen molar-refractivity contribution in [3.05, 3.63) is 29.8 Å². The third-order valence-electron chi connectivity index (χ3n) is 3.82. The normalized spacial score (nSPS) is 15.3. The van der Waals surface area contributed by atoms with Gasteiger partial charge >= 0.3 is 5.97 Å². The predicted molar refractivity (Wildman–Crippen MR) is 96.3 cm³/mol. The monoisotopic (exact) mass is 386 g/mol. The summed E-state index contributed by atoms with van der Waals surface area (Å²) in [4.78, 5) is 23.4. The van der Waals surface area contributed by atoms with Gasteiger partial charge in [-0.3, -0.25) is 4.79 Å². The van der Waals surface area contributed by atoms with E-state index in [-0.39, 0.29) is 23.7 Å². The minimum atomic E-state index is -3.31. The van der Waals surface area contributed by atoms with Crippen LogP contribution in [-0.4, -0.2) is 55.0 Å². The van der Waals surface area contributed by atoms with Gasteiger partial charge < -0.3 is 21.3 Å². The molecule has 26 heavy (non-hydrogen) atoms. The van der Waals surface area contributed by atoms with Gasteiger partial charge in [0.05, 0.1) is 4.90 Å². The van der Waals surface area contributed by atoms with Crippen LogP contribution in [0, 0.1) is 5.92 Å². The zero-order valence-corrected chi connectivity index (χ0v) is 15.9. The molecule has 0 spiro atoms. The fourth-order valence-corrected chi connectivity index (χ4v) is 3.03. The number of benzene rings is 1. The number of carboxylic acid groups (broad SMARTS) is 1. The first-order chi connectivity index (χ1) is 11.9. The molecule has 8 nitrogen and oxygen atoms in total. The number of amides is 1. The maximum atomic E-state index is 12.1. The molecule has 9 heteroatoms. The highest BCUT2D eigenvalue weighted by Crippen LogP contribution is 2.12. The van der Waals surface area contributed by atoms with E-state index in [0.29, 0.717) is 5.56 Å². The van der Waals surface area contributed by atoms with Crippen LogP contribution in [0.3, 0.4) is 0 Å². The Kier molecular flexibility index (Phi) is 7.73. The minimum Gasteiger partial charge on any atom is -0.480 e. The zero-order chi connectivity index (χ0) is 20.1. The van der Waals surface area contributed by atoms with Crippen molar-refractivity contribution in [1.29, 1.82) is 0 Å². The number of carbonyl (C=O) groups excluding carboxylic acids is 1. The Bertz CT molecular complexity index is 730. The first-order valence-corrected chi connectivity index (χ1v) is 10.1. The second kappa shape index (κ2) is 9.11. The van der Waals surface area contributed by atoms with Crippen molar-refractivity contribution in [2.45, 2.75) is 49.8 Å². The summed E-state index contributed by atoms with van der Waals surface area (Å²) in [6.07, 6.45) is -0.132. The SMILES string of the molecule is CC(C)C[C@H](NC(=O)[C@H](O)[C@@H](N)Cc1ccc(S(C)(=O)=O)cc1)C(=O)O. The lowest BCUT2D eigenvalue weighted by Crippen LogP contribution is -2.52. The average molecular weight is 386 g/mol. The van der Waals surface area contributed by atoms with Gasteiger partial charge in [0.15, 0.2) is 9.84 Å². The summed E-state index contributed by atoms with van der Waals surface area (Å²) < 4.78 is 22.9. The Labute approximate surface area is 153 Å². The molecule has 3 atom stereocenters. The molecule has 0 bridgehead atoms. The van der Waals surface area contributed by atoms with Crippen molar-refractivity contribution in [2.75, 3.05) is 6.26 Å². The summed E-state index contributed by atoms with van der Waals surface area (Å²) in [5.41, 5.74) is 6.50. The third-order valence-corrected chi connectivity index (χ3v) is 4.95. The molecule has 0 aliphatic heterocycles. The molecule has 1 aromatic carbocycles. The molecule has 146 valence electrons. The number of rotatable bonds is 9. The number of aliphatic hydroxyl groups excluding tert-OH is 1. The fraction of sp³-hybridized carbons (Fsp3) is 0.529. The maximum absolute atomic E-state index is 12.1. The summed E-state index contributed by atoms with van der Waals surface area (Å²) in [5, 5.41) is 21.5. The topological polar surface area (TPSA) is 147 Å². The Morgan fingerprint density at radius 1 is 1.19 bits per heavy atom. The van der Waals surface area contributed by atoms with Gasteiger partial charge in [0.25, 0.3) is 5.91 Å². The van der Waals surface area contributed by atoms with Gasteiger partial charge in [-0.25, -0.2) is 13.2 Å². The van der Waals surface area contributed by atoms with Gasteiger partial charge in [0.2, 0.25) is 0 Å². The van der Waals surface area contributed by atoms with E-state index < -0.39 is 39.9 Å². The number of aliphatic hydroxyl groups is 1. The molecular formula is C17H26N2O6S. The molecule has 1 rings (SSSR count). The highest BCUT2D eigenvalue weighted by Gasteiger charge is 2.28. The summed E-state index contributed by atoms with van der Waals surface area (Å²) in [6.45, 7) is 3.65. The predicted octanol–water partition coefficient (Wildman–Crippen LogP) is -0.0637. The number of hydrogen-bond donors (Lipinski definition) is 4. The second-order valence-corrected chi connectivity index (χ2v) is 8.77. The summed E-state index contributed by atoms with van der Waals surface area (Å²) in [6, 6.07) is 3.89. The van der Waals surface area contributed by atoms with E-state index in [1.807, 2.05) is 13.8 Å². The lowest BCUT2D eigenvalue weighted by molar-refractivity contribution is -0.144. The Balaban J connectivity index is 2.72. The van der Waals surface area contributed by atoms with E-state index in [1.165, 1.54) is 12.1 Å². The zero-order valence-electron chi connectivity index (χ0n) is 15.0. The summed E-state index contributed by atoms with van der Waals surface area (Å²) in [5.74, 6) is -1.97. The van der Waals surface area contributed by atoms with Crippen LogP contribution in [-0.2, 0) is 25.8 Å². The Hall–Kier alpha value is -1.97. The van der Waals surface area contributed by atoms with Crippen molar-refractivity contribution in [3.8, 4) is 0 Å². The molecule has 1 amide bonds. The number of nitrogens with two attached hydrogens (primary N) is 1. The van der Waals surface area contributed by atoms with Crippen LogP contribution in [0.2, 0.25) is 0 Å². The molecule has 0 saturated heterocycles. The summed E-state index contributed by atoms with van der Waals surface area (Å²) in [7, 11) is -3.31. The van der Waals surface area contributed by atoms with Gasteiger partial charge in [-0.15, -0.1) is 0 Å². The molecule has 0 aliphatic carbocycles. The van der Waals surface area contributed by atoms with Crippen molar-refractivity contribution >= 4 is 21.7 Å². The fourth-order valence-electron chi connectivity index (χ4n) is 2.40. The van der Waals surface area contributed by atoms with Crippen LogP contribution >= 0.6 is 0 Å². The molecule has 1 aromatic rings. The van der Waals surface area contributed by atoms with Crippen LogP contribution < -0.4 is 11.1 Å². The van der Waals surface area contributed by atoms with Gasteiger partial charge in [-0.1, -0.05) is 26.0 Å². The molecule has 0 aliphatic rings. The molecule has 5 N–H and O–H groups in total. The van der Waals surface area contributed by atoms with Gasteiger partial charge in [0, 0.05) is 12.3 Å². The quantitative estimate of drug-likeness (QED) is 0.465. The summed E-state index contributed by atoms with van der Waals surface area (Å²) >= 11 is 0. The highest BCUT2D eigenvalue weighted by atomic mass is 32.2. The van der Waals surface area contributed by atoms with Gasteiger partial charge in [0.1, 0.15) is 12.1 Å². The smallest absolute Gasteiger partial charge is 0.326 e. The molecule has 0 heterocycles. The van der Waals surface area contributed by atoms with Crippen LogP contribution in [0.15, 0.2) is 29.2 Å². The molecule has 0 unspecified atom stereocenters. The van der Waals surface area contributed by atoms with Gasteiger partial charge in [-0.2, -0.15) is 0 Å². The van der Waals surface area contributed by atoms with E-state index in [9.17, 15) is 23.1 Å². The number of aliphatic carboxylic acids is 1. The largest absolute Gasteiger partial charge is 0.480 e. The second-order valence-electron chi connectivity index (χ2n) is 6.76. The number of carbonyl (C=O) groups is 2. The first-order valence-electron chi connectivity index (χ1n) is 8.17. The third kappa shape index (κ3) is 6.74.